The van der Waals surface area contributed by atoms with Crippen molar-refractivity contribution < 1.29 is 9.84 Å². The van der Waals surface area contributed by atoms with Crippen LogP contribution in [0.3, 0.4) is 0 Å². The van der Waals surface area contributed by atoms with Gasteiger partial charge in [-0.2, -0.15) is 0 Å². The first-order valence-electron chi connectivity index (χ1n) is 10.1. The van der Waals surface area contributed by atoms with Crippen molar-refractivity contribution in [3.05, 3.63) is 53.7 Å². The van der Waals surface area contributed by atoms with Crippen molar-refractivity contribution in [1.82, 2.24) is 9.88 Å². The van der Waals surface area contributed by atoms with E-state index in [4.69, 9.17) is 4.74 Å². The van der Waals surface area contributed by atoms with E-state index in [2.05, 4.69) is 54.6 Å². The molecule has 5 nitrogen and oxygen atoms in total. The van der Waals surface area contributed by atoms with E-state index >= 15 is 0 Å². The van der Waals surface area contributed by atoms with Crippen molar-refractivity contribution >= 4 is 30.6 Å². The van der Waals surface area contributed by atoms with Crippen LogP contribution in [0.4, 0.5) is 5.82 Å². The molecule has 2 heterocycles. The van der Waals surface area contributed by atoms with Gasteiger partial charge in [-0.25, -0.2) is 4.98 Å². The summed E-state index contributed by atoms with van der Waals surface area (Å²) in [6.45, 7) is 13.3. The van der Waals surface area contributed by atoms with E-state index in [9.17, 15) is 5.11 Å². The zero-order chi connectivity index (χ0) is 20.1. The van der Waals surface area contributed by atoms with Crippen LogP contribution in [-0.4, -0.2) is 60.4 Å². The summed E-state index contributed by atoms with van der Waals surface area (Å²) in [5, 5.41) is 10.5. The van der Waals surface area contributed by atoms with Gasteiger partial charge in [-0.1, -0.05) is 44.5 Å². The van der Waals surface area contributed by atoms with Crippen LogP contribution in [0.15, 0.2) is 42.6 Å². The van der Waals surface area contributed by atoms with Gasteiger partial charge in [-0.05, 0) is 36.1 Å². The monoisotopic (exact) mass is 455 g/mol. The van der Waals surface area contributed by atoms with Gasteiger partial charge in [0.1, 0.15) is 24.3 Å². The average molecular weight is 456 g/mol. The predicted octanol–water partition coefficient (Wildman–Crippen LogP) is 4.09. The molecular weight excluding hydrogens is 421 g/mol. The van der Waals surface area contributed by atoms with Crippen LogP contribution in [-0.2, 0) is 5.41 Å². The van der Waals surface area contributed by atoms with E-state index in [1.807, 2.05) is 30.5 Å². The van der Waals surface area contributed by atoms with Gasteiger partial charge in [0.25, 0.3) is 0 Å². The van der Waals surface area contributed by atoms with Crippen molar-refractivity contribution in [3.63, 3.8) is 0 Å². The molecule has 1 N–H and O–H groups in total. The second-order valence-corrected chi connectivity index (χ2v) is 8.69. The molecule has 30 heavy (non-hydrogen) atoms. The van der Waals surface area contributed by atoms with Crippen molar-refractivity contribution in [3.8, 4) is 5.75 Å². The molecule has 0 amide bonds. The molecule has 1 fully saturated rings. The number of benzene rings is 1. The molecule has 1 aromatic carbocycles. The molecule has 0 radical (unpaired) electrons. The Hall–Kier alpha value is -1.53. The molecule has 0 saturated carbocycles. The summed E-state index contributed by atoms with van der Waals surface area (Å²) >= 11 is 0. The van der Waals surface area contributed by atoms with Crippen molar-refractivity contribution in [2.75, 3.05) is 44.2 Å². The Morgan fingerprint density at radius 1 is 1.07 bits per heavy atom. The number of pyridine rings is 1. The van der Waals surface area contributed by atoms with E-state index in [0.29, 0.717) is 13.2 Å². The molecule has 7 heteroatoms. The lowest BCUT2D eigenvalue weighted by molar-refractivity contribution is 0.0656. The van der Waals surface area contributed by atoms with Crippen molar-refractivity contribution in [2.45, 2.75) is 39.2 Å². The number of hydrogen-bond donors (Lipinski definition) is 1. The molecule has 0 bridgehead atoms. The van der Waals surface area contributed by atoms with Crippen molar-refractivity contribution in [1.29, 1.82) is 0 Å². The smallest absolute Gasteiger partial charge is 0.128 e. The number of hydrogen-bond acceptors (Lipinski definition) is 5. The zero-order valence-electron chi connectivity index (χ0n) is 18.4. The number of anilines is 1. The fraction of sp³-hybridized carbons (Fsp3) is 0.522. The standard InChI is InChI=1S/C23H33N3O2.2ClH/c1-18-8-9-21(20(15-18)23(2,3)4)28-17-19(27)16-25-11-13-26(14-12-25)22-7-5-6-10-24-22;;/h5-10,15,19,27H,11-14,16-17H2,1-4H3;2*1H. The Bertz CT molecular complexity index is 761. The Morgan fingerprint density at radius 2 is 1.77 bits per heavy atom. The molecule has 1 aliphatic heterocycles. The molecule has 2 aromatic rings. The summed E-state index contributed by atoms with van der Waals surface area (Å²) in [5.41, 5.74) is 2.42. The van der Waals surface area contributed by atoms with Crippen LogP contribution in [0.1, 0.15) is 31.9 Å². The van der Waals surface area contributed by atoms with Crippen LogP contribution < -0.4 is 9.64 Å². The van der Waals surface area contributed by atoms with Gasteiger partial charge in [-0.3, -0.25) is 4.90 Å². The highest BCUT2D eigenvalue weighted by Gasteiger charge is 2.22. The van der Waals surface area contributed by atoms with Gasteiger partial charge < -0.3 is 14.7 Å². The summed E-state index contributed by atoms with van der Waals surface area (Å²) in [5.74, 6) is 1.90. The summed E-state index contributed by atoms with van der Waals surface area (Å²) in [6.07, 6.45) is 1.33. The summed E-state index contributed by atoms with van der Waals surface area (Å²) in [6, 6.07) is 12.3. The van der Waals surface area contributed by atoms with Gasteiger partial charge in [0.05, 0.1) is 0 Å². The number of halogens is 2. The summed E-state index contributed by atoms with van der Waals surface area (Å²) in [7, 11) is 0. The van der Waals surface area contributed by atoms with E-state index in [0.717, 1.165) is 37.7 Å². The molecule has 1 aliphatic rings. The topological polar surface area (TPSA) is 48.8 Å². The third-order valence-corrected chi connectivity index (χ3v) is 5.19. The number of β-amino-alcohol motifs (C(OH)–C–C–N with tert-alkyl or cyclic N) is 1. The first-order valence-corrected chi connectivity index (χ1v) is 10.1. The van der Waals surface area contributed by atoms with Crippen LogP contribution in [0, 0.1) is 6.92 Å². The molecule has 168 valence electrons. The Labute approximate surface area is 193 Å². The highest BCUT2D eigenvalue weighted by molar-refractivity contribution is 5.85. The van der Waals surface area contributed by atoms with Crippen LogP contribution >= 0.6 is 24.8 Å². The normalized spacial score (nSPS) is 15.7. The summed E-state index contributed by atoms with van der Waals surface area (Å²) in [4.78, 5) is 9.02. The zero-order valence-corrected chi connectivity index (χ0v) is 20.0. The Kier molecular flexibility index (Phi) is 10.4. The number of rotatable bonds is 6. The molecule has 1 atom stereocenters. The number of aliphatic hydroxyl groups is 1. The molecule has 3 rings (SSSR count). The quantitative estimate of drug-likeness (QED) is 0.710. The Morgan fingerprint density at radius 3 is 2.37 bits per heavy atom. The highest BCUT2D eigenvalue weighted by atomic mass is 35.5. The van der Waals surface area contributed by atoms with Gasteiger partial charge in [-0.15, -0.1) is 24.8 Å². The molecular formula is C23H35Cl2N3O2. The third kappa shape index (κ3) is 7.31. The van der Waals surface area contributed by atoms with E-state index in [1.54, 1.807) is 0 Å². The lowest BCUT2D eigenvalue weighted by Gasteiger charge is -2.36. The van der Waals surface area contributed by atoms with Gasteiger partial charge in [0, 0.05) is 38.9 Å². The number of nitrogens with zero attached hydrogens (tertiary/aromatic N) is 3. The number of ether oxygens (including phenoxy) is 1. The first-order chi connectivity index (χ1) is 13.3. The average Bonchev–Trinajstić information content (AvgIpc) is 2.67. The van der Waals surface area contributed by atoms with E-state index in [-0.39, 0.29) is 30.2 Å². The summed E-state index contributed by atoms with van der Waals surface area (Å²) < 4.78 is 6.02. The molecule has 0 aliphatic carbocycles. The molecule has 1 saturated heterocycles. The fourth-order valence-electron chi connectivity index (χ4n) is 3.59. The number of aryl methyl sites for hydroxylation is 1. The SMILES string of the molecule is Cc1ccc(OCC(O)CN2CCN(c3ccccn3)CC2)c(C(C)(C)C)c1.Cl.Cl. The lowest BCUT2D eigenvalue weighted by Crippen LogP contribution is -2.49. The number of piperazine rings is 1. The van der Waals surface area contributed by atoms with Crippen LogP contribution in [0.5, 0.6) is 5.75 Å². The Balaban J connectivity index is 0.00000225. The highest BCUT2D eigenvalue weighted by Crippen LogP contribution is 2.32. The second-order valence-electron chi connectivity index (χ2n) is 8.69. The van der Waals surface area contributed by atoms with Crippen LogP contribution in [0.25, 0.3) is 0 Å². The van der Waals surface area contributed by atoms with Gasteiger partial charge >= 0.3 is 0 Å². The maximum Gasteiger partial charge on any atom is 0.128 e. The lowest BCUT2D eigenvalue weighted by atomic mass is 9.85. The van der Waals surface area contributed by atoms with E-state index < -0.39 is 6.10 Å². The molecule has 1 aromatic heterocycles. The maximum atomic E-state index is 10.5. The fourth-order valence-corrected chi connectivity index (χ4v) is 3.59. The van der Waals surface area contributed by atoms with Crippen molar-refractivity contribution in [2.24, 2.45) is 0 Å². The molecule has 0 spiro atoms. The second kappa shape index (κ2) is 11.8. The largest absolute Gasteiger partial charge is 0.491 e. The minimum atomic E-state index is -0.504. The molecule has 1 unspecified atom stereocenters. The van der Waals surface area contributed by atoms with E-state index in [1.165, 1.54) is 11.1 Å². The van der Waals surface area contributed by atoms with Gasteiger partial charge in [0.2, 0.25) is 0 Å². The maximum absolute atomic E-state index is 10.5. The minimum absolute atomic E-state index is 0. The number of aliphatic hydroxyl groups excluding tert-OH is 1. The third-order valence-electron chi connectivity index (χ3n) is 5.19. The predicted molar refractivity (Wildman–Crippen MR) is 129 cm³/mol. The van der Waals surface area contributed by atoms with Crippen LogP contribution in [0.2, 0.25) is 0 Å². The number of aromatic nitrogens is 1. The van der Waals surface area contributed by atoms with Gasteiger partial charge in [0.15, 0.2) is 0 Å². The minimum Gasteiger partial charge on any atom is -0.491 e. The first kappa shape index (κ1) is 26.5.